The molecule has 0 saturated carbocycles. The van der Waals surface area contributed by atoms with E-state index in [1.54, 1.807) is 6.92 Å². The molecule has 2 heterocycles. The van der Waals surface area contributed by atoms with E-state index in [9.17, 15) is 12.8 Å². The molecule has 0 bridgehead atoms. The fourth-order valence-corrected chi connectivity index (χ4v) is 4.67. The van der Waals surface area contributed by atoms with Gasteiger partial charge < -0.3 is 5.32 Å². The number of alkyl halides is 1. The van der Waals surface area contributed by atoms with Crippen molar-refractivity contribution < 1.29 is 12.8 Å². The summed E-state index contributed by atoms with van der Waals surface area (Å²) in [5, 5.41) is 3.02. The van der Waals surface area contributed by atoms with Crippen molar-refractivity contribution in [3.8, 4) is 0 Å². The summed E-state index contributed by atoms with van der Waals surface area (Å²) in [5.41, 5.74) is -1.24. The number of halogens is 1. The maximum Gasteiger partial charge on any atom is 0.150 e. The molecule has 0 spiro atoms. The van der Waals surface area contributed by atoms with Crippen molar-refractivity contribution in [3.05, 3.63) is 0 Å². The predicted octanol–water partition coefficient (Wildman–Crippen LogP) is 0.759. The summed E-state index contributed by atoms with van der Waals surface area (Å²) in [6, 6.07) is 0. The van der Waals surface area contributed by atoms with Gasteiger partial charge in [0.25, 0.3) is 0 Å². The molecule has 2 aliphatic heterocycles. The van der Waals surface area contributed by atoms with E-state index in [1.165, 1.54) is 0 Å². The van der Waals surface area contributed by atoms with Gasteiger partial charge in [-0.05, 0) is 25.7 Å². The minimum atomic E-state index is -2.91. The minimum Gasteiger partial charge on any atom is -0.313 e. The van der Waals surface area contributed by atoms with Crippen LogP contribution in [0, 0.1) is 11.8 Å². The lowest BCUT2D eigenvalue weighted by molar-refractivity contribution is 0.110. The summed E-state index contributed by atoms with van der Waals surface area (Å²) in [4.78, 5) is 0. The van der Waals surface area contributed by atoms with Crippen LogP contribution < -0.4 is 5.32 Å². The third-order valence-electron chi connectivity index (χ3n) is 3.68. The number of hydrogen-bond acceptors (Lipinski definition) is 3. The van der Waals surface area contributed by atoms with Gasteiger partial charge in [-0.1, -0.05) is 0 Å². The van der Waals surface area contributed by atoms with Gasteiger partial charge >= 0.3 is 0 Å². The Bertz CT molecular complexity index is 339. The molecule has 3 unspecified atom stereocenters. The molecule has 0 amide bonds. The standard InChI is InChI=1S/C10H18FNO2S/c1-10(11)7-12-5-9(10)8-3-2-4-15(13,14)6-8/h8-9,12H,2-7H2,1H3. The van der Waals surface area contributed by atoms with Crippen LogP contribution in [0.3, 0.4) is 0 Å². The highest BCUT2D eigenvalue weighted by Crippen LogP contribution is 2.36. The molecule has 3 atom stereocenters. The summed E-state index contributed by atoms with van der Waals surface area (Å²) in [6.45, 7) is 2.56. The van der Waals surface area contributed by atoms with Crippen LogP contribution >= 0.6 is 0 Å². The van der Waals surface area contributed by atoms with Crippen molar-refractivity contribution in [2.45, 2.75) is 25.4 Å². The Balaban J connectivity index is 2.11. The third-order valence-corrected chi connectivity index (χ3v) is 5.52. The van der Waals surface area contributed by atoms with Gasteiger partial charge in [-0.25, -0.2) is 12.8 Å². The maximum atomic E-state index is 14.1. The average molecular weight is 235 g/mol. The van der Waals surface area contributed by atoms with Gasteiger partial charge in [0, 0.05) is 19.0 Å². The van der Waals surface area contributed by atoms with Gasteiger partial charge in [-0.2, -0.15) is 0 Å². The van der Waals surface area contributed by atoms with Crippen molar-refractivity contribution in [1.29, 1.82) is 0 Å². The Hall–Kier alpha value is -0.160. The molecule has 0 aliphatic carbocycles. The van der Waals surface area contributed by atoms with E-state index in [-0.39, 0.29) is 23.3 Å². The number of sulfone groups is 1. The van der Waals surface area contributed by atoms with Crippen LogP contribution in [0.5, 0.6) is 0 Å². The molecule has 2 aliphatic rings. The molecule has 88 valence electrons. The van der Waals surface area contributed by atoms with Crippen molar-refractivity contribution in [2.24, 2.45) is 11.8 Å². The summed E-state index contributed by atoms with van der Waals surface area (Å²) >= 11 is 0. The van der Waals surface area contributed by atoms with Crippen LogP contribution in [0.4, 0.5) is 4.39 Å². The molecule has 0 aromatic rings. The normalized spacial score (nSPS) is 45.5. The van der Waals surface area contributed by atoms with Gasteiger partial charge in [0.1, 0.15) is 5.67 Å². The highest BCUT2D eigenvalue weighted by Gasteiger charge is 2.45. The molecule has 0 radical (unpaired) electrons. The molecular formula is C10H18FNO2S. The van der Waals surface area contributed by atoms with E-state index in [2.05, 4.69) is 5.32 Å². The smallest absolute Gasteiger partial charge is 0.150 e. The zero-order valence-corrected chi connectivity index (χ0v) is 9.82. The zero-order chi connectivity index (χ0) is 11.1. The lowest BCUT2D eigenvalue weighted by atomic mass is 9.81. The minimum absolute atomic E-state index is 0.00810. The van der Waals surface area contributed by atoms with E-state index in [0.717, 1.165) is 6.42 Å². The first-order chi connectivity index (χ1) is 6.91. The second-order valence-corrected chi connectivity index (χ2v) is 7.26. The van der Waals surface area contributed by atoms with E-state index < -0.39 is 15.5 Å². The molecule has 3 nitrogen and oxygen atoms in total. The first-order valence-electron chi connectivity index (χ1n) is 5.51. The number of nitrogens with one attached hydrogen (secondary N) is 1. The molecule has 2 fully saturated rings. The molecule has 2 rings (SSSR count). The Morgan fingerprint density at radius 3 is 2.73 bits per heavy atom. The van der Waals surface area contributed by atoms with Crippen LogP contribution in [-0.4, -0.2) is 38.7 Å². The number of hydrogen-bond donors (Lipinski definition) is 1. The first kappa shape index (κ1) is 11.3. The summed E-state index contributed by atoms with van der Waals surface area (Å²) in [5.74, 6) is 0.340. The summed E-state index contributed by atoms with van der Waals surface area (Å²) in [6.07, 6.45) is 1.55. The molecular weight excluding hydrogens is 217 g/mol. The zero-order valence-electron chi connectivity index (χ0n) is 9.00. The molecule has 0 aromatic carbocycles. The van der Waals surface area contributed by atoms with E-state index >= 15 is 0 Å². The highest BCUT2D eigenvalue weighted by molar-refractivity contribution is 7.91. The lowest BCUT2D eigenvalue weighted by Crippen LogP contribution is -2.39. The lowest BCUT2D eigenvalue weighted by Gasteiger charge is -2.32. The monoisotopic (exact) mass is 235 g/mol. The largest absolute Gasteiger partial charge is 0.313 e. The van der Waals surface area contributed by atoms with Gasteiger partial charge in [0.05, 0.1) is 11.5 Å². The van der Waals surface area contributed by atoms with Crippen LogP contribution in [-0.2, 0) is 9.84 Å². The topological polar surface area (TPSA) is 46.2 Å². The van der Waals surface area contributed by atoms with Crippen molar-refractivity contribution >= 4 is 9.84 Å². The fraction of sp³-hybridized carbons (Fsp3) is 1.00. The van der Waals surface area contributed by atoms with Gasteiger partial charge in [0.15, 0.2) is 9.84 Å². The Morgan fingerprint density at radius 1 is 1.47 bits per heavy atom. The highest BCUT2D eigenvalue weighted by atomic mass is 32.2. The Labute approximate surface area is 90.4 Å². The Kier molecular flexibility index (Phi) is 2.79. The van der Waals surface area contributed by atoms with Gasteiger partial charge in [0.2, 0.25) is 0 Å². The van der Waals surface area contributed by atoms with Gasteiger partial charge in [-0.15, -0.1) is 0 Å². The van der Waals surface area contributed by atoms with Crippen molar-refractivity contribution in [3.63, 3.8) is 0 Å². The maximum absolute atomic E-state index is 14.1. The van der Waals surface area contributed by atoms with E-state index in [4.69, 9.17) is 0 Å². The molecule has 15 heavy (non-hydrogen) atoms. The van der Waals surface area contributed by atoms with Crippen LogP contribution in [0.2, 0.25) is 0 Å². The second kappa shape index (κ2) is 3.70. The van der Waals surface area contributed by atoms with E-state index in [1.807, 2.05) is 0 Å². The molecule has 0 aromatic heterocycles. The quantitative estimate of drug-likeness (QED) is 0.730. The first-order valence-corrected chi connectivity index (χ1v) is 7.33. The molecule has 1 N–H and O–H groups in total. The predicted molar refractivity (Wildman–Crippen MR) is 57.3 cm³/mol. The summed E-state index contributed by atoms with van der Waals surface area (Å²) in [7, 11) is -2.91. The average Bonchev–Trinajstić information content (AvgIpc) is 2.43. The number of rotatable bonds is 1. The van der Waals surface area contributed by atoms with Crippen molar-refractivity contribution in [2.75, 3.05) is 24.6 Å². The van der Waals surface area contributed by atoms with Crippen LogP contribution in [0.1, 0.15) is 19.8 Å². The molecule has 5 heteroatoms. The molecule has 2 saturated heterocycles. The van der Waals surface area contributed by atoms with Crippen LogP contribution in [0.15, 0.2) is 0 Å². The van der Waals surface area contributed by atoms with E-state index in [0.29, 0.717) is 19.5 Å². The van der Waals surface area contributed by atoms with Crippen molar-refractivity contribution in [1.82, 2.24) is 5.32 Å². The van der Waals surface area contributed by atoms with Crippen LogP contribution in [0.25, 0.3) is 0 Å². The Morgan fingerprint density at radius 2 is 2.20 bits per heavy atom. The second-order valence-electron chi connectivity index (χ2n) is 5.03. The fourth-order valence-electron chi connectivity index (χ4n) is 2.85. The third kappa shape index (κ3) is 2.33. The SMILES string of the molecule is CC1(F)CNCC1C1CCCS(=O)(=O)C1. The van der Waals surface area contributed by atoms with Gasteiger partial charge in [-0.3, -0.25) is 0 Å². The summed E-state index contributed by atoms with van der Waals surface area (Å²) < 4.78 is 37.0.